The van der Waals surface area contributed by atoms with Gasteiger partial charge in [0, 0.05) is 11.4 Å². The lowest BCUT2D eigenvalue weighted by Crippen LogP contribution is -2.11. The van der Waals surface area contributed by atoms with Crippen molar-refractivity contribution in [3.05, 3.63) is 93.9 Å². The van der Waals surface area contributed by atoms with Gasteiger partial charge in [0.1, 0.15) is 0 Å². The Morgan fingerprint density at radius 2 is 1.27 bits per heavy atom. The first-order valence-corrected chi connectivity index (χ1v) is 16.3. The zero-order chi connectivity index (χ0) is 29.4. The van der Waals surface area contributed by atoms with Crippen LogP contribution in [0.3, 0.4) is 0 Å². The molecule has 0 aromatic heterocycles. The summed E-state index contributed by atoms with van der Waals surface area (Å²) in [5, 5.41) is 2.14. The summed E-state index contributed by atoms with van der Waals surface area (Å²) in [6, 6.07) is 22.3. The molecule has 0 radical (unpaired) electrons. The van der Waals surface area contributed by atoms with Crippen LogP contribution in [0.1, 0.15) is 87.8 Å². The van der Waals surface area contributed by atoms with Gasteiger partial charge in [0.05, 0.1) is 12.9 Å². The van der Waals surface area contributed by atoms with Crippen LogP contribution in [-0.4, -0.2) is 21.3 Å². The van der Waals surface area contributed by atoms with Gasteiger partial charge in [0.25, 0.3) is 10.1 Å². The Labute approximate surface area is 242 Å². The van der Waals surface area contributed by atoms with Gasteiger partial charge >= 0.3 is 0 Å². The monoisotopic (exact) mass is 564 g/mol. The van der Waals surface area contributed by atoms with Crippen molar-refractivity contribution in [2.45, 2.75) is 78.1 Å². The van der Waals surface area contributed by atoms with Crippen LogP contribution in [0, 0.1) is 6.92 Å². The van der Waals surface area contributed by atoms with Crippen LogP contribution in [0.2, 0.25) is 0 Å². The lowest BCUT2D eigenvalue weighted by Gasteiger charge is -2.11. The van der Waals surface area contributed by atoms with Crippen LogP contribution in [0.5, 0.6) is 0 Å². The minimum absolute atomic E-state index is 0.343. The highest BCUT2D eigenvalue weighted by atomic mass is 32.2. The second kappa shape index (κ2) is 17.6. The number of benzene rings is 3. The minimum atomic E-state index is -3.23. The molecule has 0 aliphatic rings. The molecule has 218 valence electrons. The summed E-state index contributed by atoms with van der Waals surface area (Å²) >= 11 is 0. The van der Waals surface area contributed by atoms with Crippen molar-refractivity contribution < 1.29 is 12.6 Å². The molecule has 5 nitrogen and oxygen atoms in total. The number of hydrogen-bond acceptors (Lipinski definition) is 5. The first kappa shape index (κ1) is 33.1. The summed E-state index contributed by atoms with van der Waals surface area (Å²) in [5.74, 6) is 0. The number of anilines is 2. The van der Waals surface area contributed by atoms with Gasteiger partial charge in [-0.1, -0.05) is 114 Å². The highest BCUT2D eigenvalue weighted by Crippen LogP contribution is 2.24. The molecule has 4 N–H and O–H groups in total. The van der Waals surface area contributed by atoms with E-state index in [1.165, 1.54) is 51.4 Å². The number of nitrogen functional groups attached to an aromatic ring is 2. The third-order valence-electron chi connectivity index (χ3n) is 6.80. The molecule has 3 aromatic carbocycles. The van der Waals surface area contributed by atoms with Crippen LogP contribution in [0.4, 0.5) is 11.4 Å². The maximum Gasteiger partial charge on any atom is 0.264 e. The van der Waals surface area contributed by atoms with Crippen LogP contribution in [0.15, 0.2) is 66.7 Å². The van der Waals surface area contributed by atoms with Gasteiger partial charge in [0.15, 0.2) is 0 Å². The lowest BCUT2D eigenvalue weighted by atomic mass is 9.94. The Morgan fingerprint density at radius 1 is 0.750 bits per heavy atom. The average molecular weight is 565 g/mol. The smallest absolute Gasteiger partial charge is 0.264 e. The normalized spacial score (nSPS) is 11.1. The summed E-state index contributed by atoms with van der Waals surface area (Å²) in [4.78, 5) is 0. The number of hydrogen-bond donors (Lipinski definition) is 2. The van der Waals surface area contributed by atoms with Crippen molar-refractivity contribution in [3.8, 4) is 0 Å². The van der Waals surface area contributed by atoms with E-state index in [1.54, 1.807) is 0 Å². The molecule has 3 aromatic rings. The van der Waals surface area contributed by atoms with Crippen LogP contribution < -0.4 is 21.9 Å². The molecule has 0 bridgehead atoms. The Kier molecular flexibility index (Phi) is 14.5. The van der Waals surface area contributed by atoms with Crippen molar-refractivity contribution >= 4 is 33.6 Å². The molecule has 3 rings (SSSR count). The van der Waals surface area contributed by atoms with E-state index < -0.39 is 10.1 Å². The molecule has 0 unspecified atom stereocenters. The quantitative estimate of drug-likeness (QED) is 0.129. The van der Waals surface area contributed by atoms with Crippen LogP contribution in [-0.2, 0) is 14.3 Å². The third kappa shape index (κ3) is 12.8. The maximum absolute atomic E-state index is 10.7. The van der Waals surface area contributed by atoms with Gasteiger partial charge in [-0.15, -0.1) is 0 Å². The van der Waals surface area contributed by atoms with E-state index in [9.17, 15) is 8.42 Å². The van der Waals surface area contributed by atoms with Crippen molar-refractivity contribution in [1.29, 1.82) is 0 Å². The Balaban J connectivity index is 0.000000296. The van der Waals surface area contributed by atoms with Gasteiger partial charge < -0.3 is 11.5 Å². The minimum Gasteiger partial charge on any atom is -0.399 e. The average Bonchev–Trinajstić information content (AvgIpc) is 2.91. The zero-order valence-corrected chi connectivity index (χ0v) is 25.4. The molecule has 0 aliphatic heterocycles. The molecule has 6 heteroatoms. The number of nitrogens with two attached hydrogens (primary N) is 2. The zero-order valence-electron chi connectivity index (χ0n) is 24.6. The highest BCUT2D eigenvalue weighted by Gasteiger charge is 2.08. The molecule has 0 heterocycles. The predicted molar refractivity (Wildman–Crippen MR) is 172 cm³/mol. The molecule has 0 atom stereocenters. The highest BCUT2D eigenvalue weighted by molar-refractivity contribution is 7.85. The Morgan fingerprint density at radius 3 is 1.80 bits per heavy atom. The van der Waals surface area contributed by atoms with E-state index in [4.69, 9.17) is 11.5 Å². The second-order valence-corrected chi connectivity index (χ2v) is 12.1. The van der Waals surface area contributed by atoms with E-state index >= 15 is 0 Å². The largest absolute Gasteiger partial charge is 0.399 e. The molecule has 40 heavy (non-hydrogen) atoms. The first-order valence-electron chi connectivity index (χ1n) is 14.5. The summed E-state index contributed by atoms with van der Waals surface area (Å²) in [5.41, 5.74) is 17.9. The van der Waals surface area contributed by atoms with Crippen molar-refractivity contribution in [3.63, 3.8) is 0 Å². The van der Waals surface area contributed by atoms with E-state index in [0.717, 1.165) is 63.2 Å². The third-order valence-corrected chi connectivity index (χ3v) is 7.39. The first-order chi connectivity index (χ1) is 19.1. The summed E-state index contributed by atoms with van der Waals surface area (Å²) in [7, 11) is -3.23. The number of rotatable bonds is 14. The molecule has 0 amide bonds. The number of aryl methyl sites for hydroxylation is 1. The summed E-state index contributed by atoms with van der Waals surface area (Å²) < 4.78 is 26.0. The molecule has 0 aliphatic carbocycles. The van der Waals surface area contributed by atoms with E-state index in [0.29, 0.717) is 6.61 Å². The molecular weight excluding hydrogens is 516 g/mol. The topological polar surface area (TPSA) is 95.4 Å². The van der Waals surface area contributed by atoms with Crippen molar-refractivity contribution in [2.24, 2.45) is 0 Å². The van der Waals surface area contributed by atoms with Crippen molar-refractivity contribution in [1.82, 2.24) is 0 Å². The molecule has 0 saturated carbocycles. The number of unbranched alkanes of at least 4 members (excludes halogenated alkanes) is 9. The van der Waals surface area contributed by atoms with Crippen LogP contribution in [0.25, 0.3) is 12.2 Å². The van der Waals surface area contributed by atoms with Crippen LogP contribution >= 0.6 is 0 Å². The Bertz CT molecular complexity index is 1360. The van der Waals surface area contributed by atoms with Gasteiger partial charge in [-0.05, 0) is 70.3 Å². The maximum atomic E-state index is 10.7. The summed E-state index contributed by atoms with van der Waals surface area (Å²) in [6.45, 7) is 8.57. The fourth-order valence-electron chi connectivity index (χ4n) is 4.45. The molecular formula is C34H48N2O3S. The lowest BCUT2D eigenvalue weighted by molar-refractivity contribution is 0.309. The fourth-order valence-corrected chi connectivity index (χ4v) is 4.87. The standard InChI is InChI=1S/C21H20N2.C13H28O3S/c1-14-3-5-16(6-4-14)21(17-7-10-19(22)11-8-17)18-9-12-20(23)15(2)13-18;1-3-4-5-6-7-8-9-10-11-12-13-16-17(2,14)15/h3-13H,1,22-23H2,2H3;3-13H2,1-2H3. The van der Waals surface area contributed by atoms with Gasteiger partial charge in [-0.2, -0.15) is 8.42 Å². The van der Waals surface area contributed by atoms with E-state index in [-0.39, 0.29) is 0 Å². The molecule has 0 spiro atoms. The van der Waals surface area contributed by atoms with E-state index in [2.05, 4.69) is 54.1 Å². The fraction of sp³-hybridized carbons (Fsp3) is 0.412. The Hall–Kier alpha value is -3.09. The summed E-state index contributed by atoms with van der Waals surface area (Å²) in [6.07, 6.45) is 13.6. The van der Waals surface area contributed by atoms with Gasteiger partial charge in [0.2, 0.25) is 0 Å². The SMILES string of the molecule is C=c1ccc(=C(c2ccc(N)cc2)c2ccc(N)c(C)c2)cc1.CCCCCCCCCCCCOS(C)(=O)=O. The molecule has 0 saturated heterocycles. The molecule has 0 fully saturated rings. The predicted octanol–water partition coefficient (Wildman–Crippen LogP) is 6.70. The van der Waals surface area contributed by atoms with Gasteiger partial charge in [-0.25, -0.2) is 0 Å². The van der Waals surface area contributed by atoms with Crippen molar-refractivity contribution in [2.75, 3.05) is 24.3 Å². The second-order valence-electron chi connectivity index (χ2n) is 10.5. The van der Waals surface area contributed by atoms with Gasteiger partial charge in [-0.3, -0.25) is 4.18 Å². The van der Waals surface area contributed by atoms with E-state index in [1.807, 2.05) is 37.3 Å².